The Morgan fingerprint density at radius 2 is 1.96 bits per heavy atom. The van der Waals surface area contributed by atoms with Crippen LogP contribution in [0.15, 0.2) is 42.5 Å². The molecule has 0 saturated heterocycles. The van der Waals surface area contributed by atoms with Crippen LogP contribution in [-0.2, 0) is 16.1 Å². The number of amides is 1. The first kappa shape index (κ1) is 16.8. The Morgan fingerprint density at radius 3 is 2.65 bits per heavy atom. The van der Waals surface area contributed by atoms with E-state index in [2.05, 4.69) is 5.32 Å². The monoisotopic (exact) mass is 337 g/mol. The van der Waals surface area contributed by atoms with E-state index in [4.69, 9.17) is 16.3 Å². The van der Waals surface area contributed by atoms with Crippen LogP contribution in [0.3, 0.4) is 0 Å². The number of carbonyl (C=O) groups is 2. The second-order valence-corrected chi connectivity index (χ2v) is 5.04. The molecule has 0 atom stereocenters. The van der Waals surface area contributed by atoms with Gasteiger partial charge in [-0.05, 0) is 24.3 Å². The molecule has 0 aliphatic rings. The molecule has 0 spiro atoms. The second-order valence-electron chi connectivity index (χ2n) is 4.61. The van der Waals surface area contributed by atoms with Crippen molar-refractivity contribution < 1.29 is 23.8 Å². The molecule has 2 aromatic rings. The van der Waals surface area contributed by atoms with Crippen LogP contribution in [-0.4, -0.2) is 23.6 Å². The van der Waals surface area contributed by atoms with E-state index in [0.717, 1.165) is 0 Å². The van der Waals surface area contributed by atoms with Crippen LogP contribution in [0.25, 0.3) is 0 Å². The minimum absolute atomic E-state index is 0.0186. The number of halogens is 2. The van der Waals surface area contributed by atoms with Crippen LogP contribution in [0.5, 0.6) is 5.75 Å². The fourth-order valence-corrected chi connectivity index (χ4v) is 1.94. The summed E-state index contributed by atoms with van der Waals surface area (Å²) < 4.78 is 18.2. The number of hydrogen-bond donors (Lipinski definition) is 2. The van der Waals surface area contributed by atoms with Crippen LogP contribution in [0.4, 0.5) is 4.39 Å². The number of esters is 1. The predicted molar refractivity (Wildman–Crippen MR) is 81.6 cm³/mol. The standard InChI is InChI=1S/C16H13ClFNO4/c17-11-5-6-12(14(20)7-11)16(22)23-9-15(21)19-8-10-3-1-2-4-13(10)18/h1-7,20H,8-9H2,(H,19,21). The van der Waals surface area contributed by atoms with Crippen molar-refractivity contribution in [2.24, 2.45) is 0 Å². The van der Waals surface area contributed by atoms with E-state index < -0.39 is 24.3 Å². The van der Waals surface area contributed by atoms with Crippen LogP contribution >= 0.6 is 11.6 Å². The van der Waals surface area contributed by atoms with Gasteiger partial charge in [0.1, 0.15) is 17.1 Å². The molecule has 1 amide bonds. The highest BCUT2D eigenvalue weighted by molar-refractivity contribution is 6.30. The minimum Gasteiger partial charge on any atom is -0.507 e. The summed E-state index contributed by atoms with van der Waals surface area (Å²) in [6.07, 6.45) is 0. The molecule has 23 heavy (non-hydrogen) atoms. The average molecular weight is 338 g/mol. The number of ether oxygens (including phenoxy) is 1. The Kier molecular flexibility index (Phi) is 5.54. The maximum absolute atomic E-state index is 13.4. The lowest BCUT2D eigenvalue weighted by Crippen LogP contribution is -2.28. The van der Waals surface area contributed by atoms with E-state index in [-0.39, 0.29) is 22.9 Å². The van der Waals surface area contributed by atoms with Crippen molar-refractivity contribution in [3.63, 3.8) is 0 Å². The highest BCUT2D eigenvalue weighted by Crippen LogP contribution is 2.22. The molecule has 5 nitrogen and oxygen atoms in total. The predicted octanol–water partition coefficient (Wildman–Crippen LogP) is 2.66. The van der Waals surface area contributed by atoms with Gasteiger partial charge in [0.15, 0.2) is 6.61 Å². The van der Waals surface area contributed by atoms with Gasteiger partial charge in [-0.2, -0.15) is 0 Å². The molecule has 0 fully saturated rings. The number of benzene rings is 2. The lowest BCUT2D eigenvalue weighted by molar-refractivity contribution is -0.124. The molecule has 0 aliphatic heterocycles. The molecule has 2 aromatic carbocycles. The number of hydrogen-bond acceptors (Lipinski definition) is 4. The summed E-state index contributed by atoms with van der Waals surface area (Å²) in [4.78, 5) is 23.4. The van der Waals surface area contributed by atoms with Crippen molar-refractivity contribution in [1.82, 2.24) is 5.32 Å². The number of phenols is 1. The van der Waals surface area contributed by atoms with E-state index in [1.165, 1.54) is 30.3 Å². The number of phenolic OH excluding ortho intramolecular Hbond substituents is 1. The summed E-state index contributed by atoms with van der Waals surface area (Å²) in [5.74, 6) is -2.22. The van der Waals surface area contributed by atoms with Gasteiger partial charge in [-0.15, -0.1) is 0 Å². The van der Waals surface area contributed by atoms with Gasteiger partial charge in [-0.1, -0.05) is 29.8 Å². The van der Waals surface area contributed by atoms with Gasteiger partial charge >= 0.3 is 5.97 Å². The van der Waals surface area contributed by atoms with Gasteiger partial charge in [0.2, 0.25) is 0 Å². The van der Waals surface area contributed by atoms with E-state index in [9.17, 15) is 19.1 Å². The number of carbonyl (C=O) groups excluding carboxylic acids is 2. The Balaban J connectivity index is 1.84. The highest BCUT2D eigenvalue weighted by Gasteiger charge is 2.14. The molecule has 2 N–H and O–H groups in total. The topological polar surface area (TPSA) is 75.6 Å². The molecule has 0 bridgehead atoms. The number of aromatic hydroxyl groups is 1. The highest BCUT2D eigenvalue weighted by atomic mass is 35.5. The first-order chi connectivity index (χ1) is 11.0. The zero-order valence-corrected chi connectivity index (χ0v) is 12.6. The molecule has 0 aliphatic carbocycles. The van der Waals surface area contributed by atoms with Gasteiger partial charge in [0.05, 0.1) is 0 Å². The third-order valence-corrected chi connectivity index (χ3v) is 3.18. The molecule has 0 unspecified atom stereocenters. The lowest BCUT2D eigenvalue weighted by Gasteiger charge is -2.08. The summed E-state index contributed by atoms with van der Waals surface area (Å²) in [7, 11) is 0. The van der Waals surface area contributed by atoms with E-state index in [1.807, 2.05) is 0 Å². The van der Waals surface area contributed by atoms with Crippen molar-refractivity contribution in [3.8, 4) is 5.75 Å². The Hall–Kier alpha value is -2.60. The second kappa shape index (κ2) is 7.60. The summed E-state index contributed by atoms with van der Waals surface area (Å²) in [5, 5.41) is 12.3. The van der Waals surface area contributed by atoms with Gasteiger partial charge in [0, 0.05) is 17.1 Å². The molecular weight excluding hydrogens is 325 g/mol. The number of rotatable bonds is 5. The molecule has 0 aromatic heterocycles. The maximum atomic E-state index is 13.4. The van der Waals surface area contributed by atoms with Crippen molar-refractivity contribution in [1.29, 1.82) is 0 Å². The lowest BCUT2D eigenvalue weighted by atomic mass is 10.2. The van der Waals surface area contributed by atoms with Crippen LogP contribution < -0.4 is 5.32 Å². The van der Waals surface area contributed by atoms with Crippen LogP contribution in [0.2, 0.25) is 5.02 Å². The molecule has 0 heterocycles. The van der Waals surface area contributed by atoms with Crippen LogP contribution in [0.1, 0.15) is 15.9 Å². The SMILES string of the molecule is O=C(COC(=O)c1ccc(Cl)cc1O)NCc1ccccc1F. The normalized spacial score (nSPS) is 10.2. The van der Waals surface area contributed by atoms with Crippen molar-refractivity contribution in [3.05, 3.63) is 64.4 Å². The molecule has 120 valence electrons. The number of nitrogens with one attached hydrogen (secondary N) is 1. The first-order valence-corrected chi connectivity index (χ1v) is 7.01. The van der Waals surface area contributed by atoms with Gasteiger partial charge < -0.3 is 15.2 Å². The Morgan fingerprint density at radius 1 is 1.22 bits per heavy atom. The average Bonchev–Trinajstić information content (AvgIpc) is 2.52. The van der Waals surface area contributed by atoms with Crippen molar-refractivity contribution in [2.75, 3.05) is 6.61 Å². The quantitative estimate of drug-likeness (QED) is 0.822. The zero-order valence-electron chi connectivity index (χ0n) is 11.9. The fourth-order valence-electron chi connectivity index (χ4n) is 1.77. The molecular formula is C16H13ClFNO4. The van der Waals surface area contributed by atoms with Gasteiger partial charge in [0.25, 0.3) is 5.91 Å². The fraction of sp³-hybridized carbons (Fsp3) is 0.125. The summed E-state index contributed by atoms with van der Waals surface area (Å²) in [5.41, 5.74) is 0.221. The minimum atomic E-state index is -0.861. The molecule has 2 rings (SSSR count). The summed E-state index contributed by atoms with van der Waals surface area (Å²) >= 11 is 5.65. The van der Waals surface area contributed by atoms with E-state index in [1.54, 1.807) is 12.1 Å². The third-order valence-electron chi connectivity index (χ3n) is 2.95. The smallest absolute Gasteiger partial charge is 0.342 e. The van der Waals surface area contributed by atoms with Gasteiger partial charge in [-0.3, -0.25) is 4.79 Å². The molecule has 7 heteroatoms. The molecule has 0 radical (unpaired) electrons. The third kappa shape index (κ3) is 4.69. The summed E-state index contributed by atoms with van der Waals surface area (Å²) in [6.45, 7) is -0.565. The van der Waals surface area contributed by atoms with E-state index in [0.29, 0.717) is 5.56 Å². The molecule has 0 saturated carbocycles. The largest absolute Gasteiger partial charge is 0.507 e. The van der Waals surface area contributed by atoms with E-state index >= 15 is 0 Å². The first-order valence-electron chi connectivity index (χ1n) is 6.63. The van der Waals surface area contributed by atoms with Crippen LogP contribution in [0, 0.1) is 5.82 Å². The Labute approximate surface area is 136 Å². The van der Waals surface area contributed by atoms with Crippen molar-refractivity contribution >= 4 is 23.5 Å². The Bertz CT molecular complexity index is 736. The summed E-state index contributed by atoms with van der Waals surface area (Å²) in [6, 6.07) is 9.90. The van der Waals surface area contributed by atoms with Gasteiger partial charge in [-0.25, -0.2) is 9.18 Å². The maximum Gasteiger partial charge on any atom is 0.342 e. The van der Waals surface area contributed by atoms with Crippen molar-refractivity contribution in [2.45, 2.75) is 6.54 Å². The zero-order chi connectivity index (χ0) is 16.8.